The summed E-state index contributed by atoms with van der Waals surface area (Å²) in [5.74, 6) is 0. The van der Waals surface area contributed by atoms with Gasteiger partial charge in [-0.15, -0.1) is 0 Å². The number of benzene rings is 10. The molecule has 0 radical (unpaired) electrons. The third-order valence-electron chi connectivity index (χ3n) is 15.2. The molecule has 3 aromatic heterocycles. The van der Waals surface area contributed by atoms with Crippen LogP contribution in [-0.4, -0.2) is 15.0 Å². The standard InChI is InChI=1S/C81H57N3/c1-4-19-61(20-5-1)67-25-16-28-70(52-67)76-55-73(79-31-10-13-46-82-79)43-40-64(76)37-34-58-49-59(35-38-65-41-44-74(80-32-11-14-47-83-80)56-77(65)71-29-17-26-68(53-71)62-21-6-2-7-22-62)51-60(50-58)36-39-66-42-45-75(81-33-12-15-48-84-81)57-78(66)72-30-18-27-69(54-72)63-23-8-3-9-24-63/h1-57H/b37-34-,38-35?,39-36?. The van der Waals surface area contributed by atoms with Crippen molar-refractivity contribution in [3.8, 4) is 101 Å². The summed E-state index contributed by atoms with van der Waals surface area (Å²) < 4.78 is 0. The smallest absolute Gasteiger partial charge is 0.0702 e. The third-order valence-corrected chi connectivity index (χ3v) is 15.2. The van der Waals surface area contributed by atoms with Gasteiger partial charge in [0, 0.05) is 35.3 Å². The lowest BCUT2D eigenvalue weighted by molar-refractivity contribution is 1.33. The van der Waals surface area contributed by atoms with E-state index in [-0.39, 0.29) is 0 Å². The lowest BCUT2D eigenvalue weighted by Gasteiger charge is -2.13. The first-order valence-electron chi connectivity index (χ1n) is 28.4. The fraction of sp³-hybridized carbons (Fsp3) is 0. The molecule has 0 fully saturated rings. The predicted octanol–water partition coefficient (Wildman–Crippen LogP) is 21.4. The predicted molar refractivity (Wildman–Crippen MR) is 355 cm³/mol. The molecule has 0 bridgehead atoms. The lowest BCUT2D eigenvalue weighted by atomic mass is 9.92. The molecule has 396 valence electrons. The second-order valence-corrected chi connectivity index (χ2v) is 20.8. The molecule has 0 aliphatic carbocycles. The van der Waals surface area contributed by atoms with Crippen LogP contribution in [0.15, 0.2) is 310 Å². The summed E-state index contributed by atoms with van der Waals surface area (Å²) in [6.07, 6.45) is 19.1. The van der Waals surface area contributed by atoms with E-state index < -0.39 is 0 Å². The van der Waals surface area contributed by atoms with E-state index in [4.69, 9.17) is 15.0 Å². The molecule has 3 nitrogen and oxygen atoms in total. The van der Waals surface area contributed by atoms with Gasteiger partial charge in [-0.1, -0.05) is 237 Å². The zero-order valence-corrected chi connectivity index (χ0v) is 46.3. The number of hydrogen-bond donors (Lipinski definition) is 0. The molecule has 0 aliphatic heterocycles. The van der Waals surface area contributed by atoms with Crippen molar-refractivity contribution in [1.82, 2.24) is 15.0 Å². The molecule has 0 atom stereocenters. The minimum Gasteiger partial charge on any atom is -0.256 e. The average Bonchev–Trinajstić information content (AvgIpc) is 3.77. The van der Waals surface area contributed by atoms with Gasteiger partial charge in [-0.3, -0.25) is 15.0 Å². The molecule has 84 heavy (non-hydrogen) atoms. The first kappa shape index (κ1) is 52.3. The Morgan fingerprint density at radius 1 is 0.179 bits per heavy atom. The molecule has 13 aromatic rings. The van der Waals surface area contributed by atoms with Crippen LogP contribution in [0.25, 0.3) is 137 Å². The number of pyridine rings is 3. The van der Waals surface area contributed by atoms with Gasteiger partial charge in [0.05, 0.1) is 17.1 Å². The van der Waals surface area contributed by atoms with Crippen LogP contribution in [0, 0.1) is 0 Å². The average molecular weight is 1070 g/mol. The Morgan fingerprint density at radius 3 is 0.738 bits per heavy atom. The van der Waals surface area contributed by atoms with E-state index in [0.717, 1.165) is 101 Å². The summed E-state index contributed by atoms with van der Waals surface area (Å²) in [6.45, 7) is 0. The second kappa shape index (κ2) is 24.7. The maximum absolute atomic E-state index is 4.75. The quantitative estimate of drug-likeness (QED) is 0.0961. The molecular weight excluding hydrogens is 1010 g/mol. The Morgan fingerprint density at radius 2 is 0.452 bits per heavy atom. The van der Waals surface area contributed by atoms with Crippen molar-refractivity contribution in [3.05, 3.63) is 343 Å². The molecule has 0 amide bonds. The van der Waals surface area contributed by atoms with E-state index in [2.05, 4.69) is 291 Å². The highest BCUT2D eigenvalue weighted by Crippen LogP contribution is 2.37. The van der Waals surface area contributed by atoms with Crippen molar-refractivity contribution in [3.63, 3.8) is 0 Å². The largest absolute Gasteiger partial charge is 0.256 e. The van der Waals surface area contributed by atoms with E-state index in [9.17, 15) is 0 Å². The van der Waals surface area contributed by atoms with Crippen molar-refractivity contribution in [2.24, 2.45) is 0 Å². The summed E-state index contributed by atoms with van der Waals surface area (Å²) in [6, 6.07) is 103. The van der Waals surface area contributed by atoms with Crippen LogP contribution in [0.1, 0.15) is 33.4 Å². The number of nitrogens with zero attached hydrogens (tertiary/aromatic N) is 3. The molecule has 0 spiro atoms. The number of hydrogen-bond acceptors (Lipinski definition) is 3. The highest BCUT2D eigenvalue weighted by Gasteiger charge is 2.14. The molecule has 0 N–H and O–H groups in total. The van der Waals surface area contributed by atoms with E-state index in [1.54, 1.807) is 0 Å². The summed E-state index contributed by atoms with van der Waals surface area (Å²) in [5, 5.41) is 0. The molecule has 10 aromatic carbocycles. The molecular formula is C81H57N3. The van der Waals surface area contributed by atoms with Crippen LogP contribution < -0.4 is 0 Å². The number of rotatable bonds is 15. The van der Waals surface area contributed by atoms with Gasteiger partial charge in [0.1, 0.15) is 0 Å². The Labute approximate surface area is 492 Å². The van der Waals surface area contributed by atoms with Crippen LogP contribution in [0.3, 0.4) is 0 Å². The first-order valence-corrected chi connectivity index (χ1v) is 28.4. The highest BCUT2D eigenvalue weighted by molar-refractivity contribution is 5.90. The van der Waals surface area contributed by atoms with E-state index in [1.165, 1.54) is 33.4 Å². The molecule has 0 aliphatic rings. The Hall–Kier alpha value is -11.1. The first-order chi connectivity index (χ1) is 41.6. The van der Waals surface area contributed by atoms with Crippen LogP contribution >= 0.6 is 0 Å². The maximum atomic E-state index is 4.75. The SMILES string of the molecule is C(=Cc1ccc(-c2ccccn2)cc1-c1cccc(-c2ccccc2)c1)c1cc(C=Cc2ccc(-c3ccccn3)cc2-c2cccc(-c3ccccc3)c2)cc(/C=C\c2ccc(-c3ccccn3)cc2-c2cccc(-c3ccccc3)c2)c1. The minimum absolute atomic E-state index is 0.932. The van der Waals surface area contributed by atoms with Gasteiger partial charge < -0.3 is 0 Å². The fourth-order valence-electron chi connectivity index (χ4n) is 11.0. The maximum Gasteiger partial charge on any atom is 0.0702 e. The van der Waals surface area contributed by atoms with Crippen LogP contribution in [0.5, 0.6) is 0 Å². The normalized spacial score (nSPS) is 11.4. The van der Waals surface area contributed by atoms with Gasteiger partial charge in [0.25, 0.3) is 0 Å². The molecule has 0 saturated heterocycles. The Kier molecular flexibility index (Phi) is 15.4. The van der Waals surface area contributed by atoms with Gasteiger partial charge in [0.2, 0.25) is 0 Å². The van der Waals surface area contributed by atoms with Crippen LogP contribution in [-0.2, 0) is 0 Å². The topological polar surface area (TPSA) is 38.7 Å². The highest BCUT2D eigenvalue weighted by atomic mass is 14.7. The van der Waals surface area contributed by atoms with E-state index in [0.29, 0.717) is 0 Å². The van der Waals surface area contributed by atoms with E-state index >= 15 is 0 Å². The minimum atomic E-state index is 0.932. The molecule has 13 rings (SSSR count). The van der Waals surface area contributed by atoms with Crippen LogP contribution in [0.4, 0.5) is 0 Å². The van der Waals surface area contributed by atoms with Gasteiger partial charge >= 0.3 is 0 Å². The monoisotopic (exact) mass is 1070 g/mol. The molecule has 0 unspecified atom stereocenters. The zero-order chi connectivity index (χ0) is 56.3. The Bertz CT molecular complexity index is 4020. The summed E-state index contributed by atoms with van der Waals surface area (Å²) in [4.78, 5) is 14.2. The summed E-state index contributed by atoms with van der Waals surface area (Å²) in [7, 11) is 0. The second-order valence-electron chi connectivity index (χ2n) is 20.8. The van der Waals surface area contributed by atoms with E-state index in [1.807, 2.05) is 55.0 Å². The summed E-state index contributed by atoms with van der Waals surface area (Å²) in [5.41, 5.74) is 26.3. The van der Waals surface area contributed by atoms with Gasteiger partial charge in [-0.05, 0) is 191 Å². The van der Waals surface area contributed by atoms with Crippen molar-refractivity contribution >= 4 is 36.5 Å². The van der Waals surface area contributed by atoms with Crippen LogP contribution in [0.2, 0.25) is 0 Å². The lowest BCUT2D eigenvalue weighted by Crippen LogP contribution is -1.90. The number of aromatic nitrogens is 3. The molecule has 3 heteroatoms. The Balaban J connectivity index is 0.934. The van der Waals surface area contributed by atoms with Crippen molar-refractivity contribution in [1.29, 1.82) is 0 Å². The van der Waals surface area contributed by atoms with Crippen molar-refractivity contribution < 1.29 is 0 Å². The van der Waals surface area contributed by atoms with Gasteiger partial charge in [0.15, 0.2) is 0 Å². The third kappa shape index (κ3) is 12.1. The fourth-order valence-corrected chi connectivity index (χ4v) is 11.0. The van der Waals surface area contributed by atoms with Crippen molar-refractivity contribution in [2.45, 2.75) is 0 Å². The summed E-state index contributed by atoms with van der Waals surface area (Å²) >= 11 is 0. The van der Waals surface area contributed by atoms with Crippen molar-refractivity contribution in [2.75, 3.05) is 0 Å². The van der Waals surface area contributed by atoms with Gasteiger partial charge in [-0.25, -0.2) is 0 Å². The molecule has 3 heterocycles. The zero-order valence-electron chi connectivity index (χ0n) is 46.3. The molecule has 0 saturated carbocycles. The van der Waals surface area contributed by atoms with Gasteiger partial charge in [-0.2, -0.15) is 0 Å².